The first kappa shape index (κ1) is 13.0. The van der Waals surface area contributed by atoms with Crippen molar-refractivity contribution in [2.45, 2.75) is 12.2 Å². The Morgan fingerprint density at radius 1 is 1.44 bits per heavy atom. The van der Waals surface area contributed by atoms with Gasteiger partial charge in [-0.3, -0.25) is 9.52 Å². The number of hydrogen-bond acceptors (Lipinski definition) is 3. The molecule has 0 aliphatic carbocycles. The van der Waals surface area contributed by atoms with Crippen LogP contribution in [0.2, 0.25) is 0 Å². The standard InChI is InChI=1S/C9H10BrNO4S/c1-6(9(12)13)16(14,15)11-8-5-3-2-4-7(8)10/h2-6,11H,1H3,(H,12,13). The molecule has 0 radical (unpaired) electrons. The summed E-state index contributed by atoms with van der Waals surface area (Å²) < 4.78 is 25.9. The topological polar surface area (TPSA) is 83.5 Å². The van der Waals surface area contributed by atoms with Gasteiger partial charge in [0.15, 0.2) is 5.25 Å². The highest BCUT2D eigenvalue weighted by molar-refractivity contribution is 9.10. The number of carboxylic acid groups (broad SMARTS) is 1. The van der Waals surface area contributed by atoms with Crippen molar-refractivity contribution in [3.05, 3.63) is 28.7 Å². The quantitative estimate of drug-likeness (QED) is 0.886. The average Bonchev–Trinajstić information content (AvgIpc) is 2.20. The van der Waals surface area contributed by atoms with E-state index in [1.807, 2.05) is 0 Å². The van der Waals surface area contributed by atoms with Crippen LogP contribution in [0.15, 0.2) is 28.7 Å². The number of nitrogens with one attached hydrogen (secondary N) is 1. The van der Waals surface area contributed by atoms with Gasteiger partial charge in [0.1, 0.15) is 0 Å². The minimum atomic E-state index is -3.91. The lowest BCUT2D eigenvalue weighted by Gasteiger charge is -2.12. The molecule has 1 unspecified atom stereocenters. The molecule has 0 aliphatic rings. The van der Waals surface area contributed by atoms with Gasteiger partial charge in [0, 0.05) is 4.47 Å². The molecule has 0 amide bonds. The van der Waals surface area contributed by atoms with E-state index in [0.717, 1.165) is 6.92 Å². The summed E-state index contributed by atoms with van der Waals surface area (Å²) in [5.74, 6) is -1.39. The number of carbonyl (C=O) groups is 1. The fourth-order valence-corrected chi connectivity index (χ4v) is 2.36. The van der Waals surface area contributed by atoms with E-state index in [1.54, 1.807) is 18.2 Å². The molecule has 88 valence electrons. The van der Waals surface area contributed by atoms with Gasteiger partial charge in [-0.25, -0.2) is 8.42 Å². The van der Waals surface area contributed by atoms with Crippen LogP contribution in [-0.2, 0) is 14.8 Å². The van der Waals surface area contributed by atoms with E-state index in [2.05, 4.69) is 20.7 Å². The van der Waals surface area contributed by atoms with Gasteiger partial charge in [0.05, 0.1) is 5.69 Å². The second-order valence-electron chi connectivity index (χ2n) is 3.11. The average molecular weight is 308 g/mol. The Hall–Kier alpha value is -1.08. The molecule has 5 nitrogen and oxygen atoms in total. The van der Waals surface area contributed by atoms with Crippen LogP contribution in [0.5, 0.6) is 0 Å². The number of aliphatic carboxylic acids is 1. The smallest absolute Gasteiger partial charge is 0.323 e. The highest BCUT2D eigenvalue weighted by Crippen LogP contribution is 2.23. The van der Waals surface area contributed by atoms with Crippen molar-refractivity contribution in [2.24, 2.45) is 0 Å². The number of benzene rings is 1. The molecule has 1 aromatic carbocycles. The van der Waals surface area contributed by atoms with Crippen LogP contribution in [0.3, 0.4) is 0 Å². The number of sulfonamides is 1. The molecule has 0 fully saturated rings. The summed E-state index contributed by atoms with van der Waals surface area (Å²) in [5.41, 5.74) is 0.315. The third kappa shape index (κ3) is 2.96. The van der Waals surface area contributed by atoms with Gasteiger partial charge < -0.3 is 5.11 Å². The zero-order valence-electron chi connectivity index (χ0n) is 8.34. The Morgan fingerprint density at radius 3 is 2.50 bits per heavy atom. The maximum atomic E-state index is 11.6. The Morgan fingerprint density at radius 2 is 2.00 bits per heavy atom. The van der Waals surface area contributed by atoms with Crippen LogP contribution in [0.1, 0.15) is 6.92 Å². The second kappa shape index (κ2) is 4.84. The van der Waals surface area contributed by atoms with Crippen molar-refractivity contribution in [3.8, 4) is 0 Å². The maximum Gasteiger partial charge on any atom is 0.323 e. The summed E-state index contributed by atoms with van der Waals surface area (Å²) in [7, 11) is -3.91. The molecule has 0 saturated carbocycles. The van der Waals surface area contributed by atoms with E-state index >= 15 is 0 Å². The van der Waals surface area contributed by atoms with Crippen molar-refractivity contribution < 1.29 is 18.3 Å². The van der Waals surface area contributed by atoms with Gasteiger partial charge in [-0.1, -0.05) is 12.1 Å². The van der Waals surface area contributed by atoms with Crippen molar-refractivity contribution in [1.82, 2.24) is 0 Å². The first-order valence-corrected chi connectivity index (χ1v) is 6.67. The molecular formula is C9H10BrNO4S. The van der Waals surface area contributed by atoms with Gasteiger partial charge in [0.25, 0.3) is 0 Å². The van der Waals surface area contributed by atoms with Crippen LogP contribution in [0.4, 0.5) is 5.69 Å². The zero-order valence-corrected chi connectivity index (χ0v) is 10.7. The molecule has 0 saturated heterocycles. The number of hydrogen-bond donors (Lipinski definition) is 2. The lowest BCUT2D eigenvalue weighted by molar-refractivity contribution is -0.136. The van der Waals surface area contributed by atoms with Crippen molar-refractivity contribution in [3.63, 3.8) is 0 Å². The lowest BCUT2D eigenvalue weighted by atomic mass is 10.3. The van der Waals surface area contributed by atoms with Crippen LogP contribution in [0, 0.1) is 0 Å². The summed E-state index contributed by atoms with van der Waals surface area (Å²) in [5, 5.41) is 7.13. The predicted octanol–water partition coefficient (Wildman–Crippen LogP) is 1.66. The van der Waals surface area contributed by atoms with Gasteiger partial charge in [-0.05, 0) is 35.0 Å². The molecule has 1 atom stereocenters. The summed E-state index contributed by atoms with van der Waals surface area (Å²) in [6, 6.07) is 6.57. The van der Waals surface area contributed by atoms with E-state index in [-0.39, 0.29) is 0 Å². The van der Waals surface area contributed by atoms with Crippen LogP contribution in [-0.4, -0.2) is 24.7 Å². The third-order valence-electron chi connectivity index (χ3n) is 1.94. The lowest BCUT2D eigenvalue weighted by Crippen LogP contribution is -2.32. The van der Waals surface area contributed by atoms with Crippen LogP contribution in [0.25, 0.3) is 0 Å². The molecule has 0 aromatic heterocycles. The highest BCUT2D eigenvalue weighted by Gasteiger charge is 2.27. The van der Waals surface area contributed by atoms with E-state index < -0.39 is 21.2 Å². The third-order valence-corrected chi connectivity index (χ3v) is 4.27. The molecule has 2 N–H and O–H groups in total. The number of halogens is 1. The minimum absolute atomic E-state index is 0.315. The van der Waals surface area contributed by atoms with Gasteiger partial charge in [-0.15, -0.1) is 0 Å². The summed E-state index contributed by atoms with van der Waals surface area (Å²) in [6.45, 7) is 1.11. The molecule has 7 heteroatoms. The van der Waals surface area contributed by atoms with E-state index in [1.165, 1.54) is 6.07 Å². The number of rotatable bonds is 4. The monoisotopic (exact) mass is 307 g/mol. The van der Waals surface area contributed by atoms with E-state index in [9.17, 15) is 13.2 Å². The number of carboxylic acids is 1. The molecule has 0 spiro atoms. The Bertz CT molecular complexity index is 500. The largest absolute Gasteiger partial charge is 0.480 e. The Kier molecular flexibility index (Phi) is 3.93. The highest BCUT2D eigenvalue weighted by atomic mass is 79.9. The fourth-order valence-electron chi connectivity index (χ4n) is 0.918. The first-order valence-electron chi connectivity index (χ1n) is 4.33. The van der Waals surface area contributed by atoms with Crippen molar-refractivity contribution in [2.75, 3.05) is 4.72 Å². The molecule has 1 aromatic rings. The minimum Gasteiger partial charge on any atom is -0.480 e. The summed E-state index contributed by atoms with van der Waals surface area (Å²) in [6.07, 6.45) is 0. The molecule has 0 aliphatic heterocycles. The normalized spacial score (nSPS) is 13.1. The second-order valence-corrected chi connectivity index (χ2v) is 5.96. The maximum absolute atomic E-state index is 11.6. The summed E-state index contributed by atoms with van der Waals surface area (Å²) >= 11 is 3.16. The van der Waals surface area contributed by atoms with E-state index in [0.29, 0.717) is 10.2 Å². The van der Waals surface area contributed by atoms with Crippen LogP contribution >= 0.6 is 15.9 Å². The molecule has 1 rings (SSSR count). The van der Waals surface area contributed by atoms with Gasteiger partial charge in [-0.2, -0.15) is 0 Å². The van der Waals surface area contributed by atoms with Gasteiger partial charge >= 0.3 is 5.97 Å². The fraction of sp³-hybridized carbons (Fsp3) is 0.222. The first-order chi connectivity index (χ1) is 7.34. The van der Waals surface area contributed by atoms with E-state index in [4.69, 9.17) is 5.11 Å². The summed E-state index contributed by atoms with van der Waals surface area (Å²) in [4.78, 5) is 10.6. The molecule has 16 heavy (non-hydrogen) atoms. The molecular weight excluding hydrogens is 298 g/mol. The number of para-hydroxylation sites is 1. The SMILES string of the molecule is CC(C(=O)O)S(=O)(=O)Nc1ccccc1Br. The van der Waals surface area contributed by atoms with Crippen molar-refractivity contribution in [1.29, 1.82) is 0 Å². The molecule has 0 bridgehead atoms. The Balaban J connectivity index is 2.98. The predicted molar refractivity (Wildman–Crippen MR) is 63.8 cm³/mol. The molecule has 0 heterocycles. The van der Waals surface area contributed by atoms with Crippen molar-refractivity contribution >= 4 is 37.6 Å². The van der Waals surface area contributed by atoms with Crippen LogP contribution < -0.4 is 4.72 Å². The number of anilines is 1. The van der Waals surface area contributed by atoms with Gasteiger partial charge in [0.2, 0.25) is 10.0 Å². The zero-order chi connectivity index (χ0) is 12.3. The Labute approximate surface area is 102 Å².